The van der Waals surface area contributed by atoms with Crippen molar-refractivity contribution in [2.45, 2.75) is 45.3 Å². The molecule has 4 aromatic rings. The number of oxazole rings is 1. The maximum absolute atomic E-state index is 13.3. The highest BCUT2D eigenvalue weighted by atomic mass is 19.4. The summed E-state index contributed by atoms with van der Waals surface area (Å²) in [6.07, 6.45) is -11.9. The second kappa shape index (κ2) is 7.90. The van der Waals surface area contributed by atoms with E-state index in [9.17, 15) is 31.4 Å². The van der Waals surface area contributed by atoms with Crippen molar-refractivity contribution in [2.24, 2.45) is 0 Å². The fourth-order valence-corrected chi connectivity index (χ4v) is 3.98. The lowest BCUT2D eigenvalue weighted by Crippen LogP contribution is -2.53. The summed E-state index contributed by atoms with van der Waals surface area (Å²) in [7, 11) is 0. The molecule has 0 aliphatic rings. The van der Waals surface area contributed by atoms with Crippen LogP contribution in [0.15, 0.2) is 52.9 Å². The molecule has 0 saturated carbocycles. The number of benzene rings is 2. The van der Waals surface area contributed by atoms with E-state index in [1.165, 1.54) is 6.07 Å². The predicted octanol–water partition coefficient (Wildman–Crippen LogP) is 6.58. The van der Waals surface area contributed by atoms with E-state index >= 15 is 0 Å². The Kier molecular flexibility index (Phi) is 5.55. The van der Waals surface area contributed by atoms with E-state index in [-0.39, 0.29) is 11.9 Å². The van der Waals surface area contributed by atoms with E-state index in [1.54, 1.807) is 18.4 Å². The van der Waals surface area contributed by atoms with Crippen molar-refractivity contribution >= 4 is 10.9 Å². The van der Waals surface area contributed by atoms with Crippen LogP contribution >= 0.6 is 0 Å². The van der Waals surface area contributed by atoms with Gasteiger partial charge in [-0.05, 0) is 50.6 Å². The summed E-state index contributed by atoms with van der Waals surface area (Å²) < 4.78 is 87.2. The highest BCUT2D eigenvalue weighted by Crippen LogP contribution is 2.50. The van der Waals surface area contributed by atoms with Crippen LogP contribution in [0.5, 0.6) is 0 Å². The summed E-state index contributed by atoms with van der Waals surface area (Å²) in [5.74, 6) is 0.960. The van der Waals surface area contributed by atoms with Gasteiger partial charge < -0.3 is 14.1 Å². The Morgan fingerprint density at radius 3 is 2.18 bits per heavy atom. The van der Waals surface area contributed by atoms with Gasteiger partial charge in [0.1, 0.15) is 11.5 Å². The van der Waals surface area contributed by atoms with Gasteiger partial charge in [0.15, 0.2) is 0 Å². The van der Waals surface area contributed by atoms with Gasteiger partial charge in [-0.1, -0.05) is 24.3 Å². The van der Waals surface area contributed by atoms with Crippen molar-refractivity contribution in [1.82, 2.24) is 9.55 Å². The molecule has 0 atom stereocenters. The van der Waals surface area contributed by atoms with Crippen LogP contribution in [0, 0.1) is 20.8 Å². The van der Waals surface area contributed by atoms with Gasteiger partial charge >= 0.3 is 12.4 Å². The molecule has 0 saturated heterocycles. The Morgan fingerprint density at radius 1 is 0.912 bits per heavy atom. The molecule has 0 aliphatic heterocycles. The van der Waals surface area contributed by atoms with Crippen molar-refractivity contribution < 1.29 is 35.9 Å². The van der Waals surface area contributed by atoms with E-state index in [0.29, 0.717) is 40.7 Å². The van der Waals surface area contributed by atoms with Gasteiger partial charge in [0.2, 0.25) is 5.89 Å². The van der Waals surface area contributed by atoms with E-state index in [0.717, 1.165) is 17.2 Å². The molecule has 2 aromatic heterocycles. The molecule has 34 heavy (non-hydrogen) atoms. The summed E-state index contributed by atoms with van der Waals surface area (Å²) in [5.41, 5.74) is -2.93. The largest absolute Gasteiger partial charge is 0.441 e. The van der Waals surface area contributed by atoms with Crippen LogP contribution in [-0.2, 0) is 12.1 Å². The number of aryl methyl sites for hydroxylation is 3. The van der Waals surface area contributed by atoms with E-state index in [2.05, 4.69) is 4.98 Å². The first-order valence-electron chi connectivity index (χ1n) is 10.2. The highest BCUT2D eigenvalue weighted by Gasteiger charge is 2.71. The zero-order valence-electron chi connectivity index (χ0n) is 18.3. The molecule has 180 valence electrons. The fraction of sp³-hybridized carbons (Fsp3) is 0.292. The lowest BCUT2D eigenvalue weighted by molar-refractivity contribution is -0.376. The summed E-state index contributed by atoms with van der Waals surface area (Å²) >= 11 is 0. The van der Waals surface area contributed by atoms with Crippen LogP contribution in [0.3, 0.4) is 0 Å². The van der Waals surface area contributed by atoms with Crippen LogP contribution < -0.4 is 0 Å². The van der Waals surface area contributed by atoms with Gasteiger partial charge in [-0.2, -0.15) is 26.3 Å². The van der Waals surface area contributed by atoms with Crippen LogP contribution in [0.4, 0.5) is 26.3 Å². The molecule has 2 aromatic carbocycles. The standard InChI is InChI=1S/C24H20F6N2O2/c1-13-6-4-5-7-18(13)21-31-19(15(3)34-21)12-32-14(2)10-16-11-17(8-9-20(16)32)22(33,23(25,26)27)24(28,29)30/h4-11,33H,12H2,1-3H3. The first-order chi connectivity index (χ1) is 15.7. The fourth-order valence-electron chi connectivity index (χ4n) is 3.98. The lowest BCUT2D eigenvalue weighted by Gasteiger charge is -2.32. The van der Waals surface area contributed by atoms with E-state index in [1.807, 2.05) is 31.2 Å². The van der Waals surface area contributed by atoms with Crippen molar-refractivity contribution in [2.75, 3.05) is 0 Å². The molecule has 0 aliphatic carbocycles. The highest BCUT2D eigenvalue weighted by molar-refractivity contribution is 5.82. The predicted molar refractivity (Wildman–Crippen MR) is 113 cm³/mol. The molecule has 0 amide bonds. The first kappa shape index (κ1) is 23.9. The summed E-state index contributed by atoms with van der Waals surface area (Å²) in [6, 6.07) is 11.5. The van der Waals surface area contributed by atoms with Crippen LogP contribution in [0.1, 0.15) is 28.3 Å². The zero-order chi connectivity index (χ0) is 25.1. The van der Waals surface area contributed by atoms with E-state index < -0.39 is 23.5 Å². The minimum absolute atomic E-state index is 0.127. The molecular weight excluding hydrogens is 462 g/mol. The molecule has 0 unspecified atom stereocenters. The number of aromatic nitrogens is 2. The van der Waals surface area contributed by atoms with Gasteiger partial charge in [-0.3, -0.25) is 0 Å². The third kappa shape index (κ3) is 3.75. The second-order valence-electron chi connectivity index (χ2n) is 8.19. The van der Waals surface area contributed by atoms with Crippen molar-refractivity contribution in [3.8, 4) is 11.5 Å². The molecule has 4 nitrogen and oxygen atoms in total. The Hall–Kier alpha value is -3.27. The lowest BCUT2D eigenvalue weighted by atomic mass is 9.91. The third-order valence-electron chi connectivity index (χ3n) is 5.92. The normalized spacial score (nSPS) is 13.1. The quantitative estimate of drug-likeness (QED) is 0.334. The van der Waals surface area contributed by atoms with Crippen LogP contribution in [0.2, 0.25) is 0 Å². The molecule has 0 spiro atoms. The number of aliphatic hydroxyl groups is 1. The number of fused-ring (bicyclic) bond motifs is 1. The summed E-state index contributed by atoms with van der Waals surface area (Å²) in [6.45, 7) is 5.52. The topological polar surface area (TPSA) is 51.2 Å². The van der Waals surface area contributed by atoms with Crippen molar-refractivity contribution in [3.05, 3.63) is 76.8 Å². The SMILES string of the molecule is Cc1ccccc1-c1nc(Cn2c(C)cc3cc(C(O)(C(F)(F)F)C(F)(F)F)ccc32)c(C)o1. The molecule has 0 radical (unpaired) electrons. The first-order valence-corrected chi connectivity index (χ1v) is 10.2. The molecule has 4 rings (SSSR count). The van der Waals surface area contributed by atoms with Crippen molar-refractivity contribution in [1.29, 1.82) is 0 Å². The maximum atomic E-state index is 13.3. The average Bonchev–Trinajstić information content (AvgIpc) is 3.25. The zero-order valence-corrected chi connectivity index (χ0v) is 18.3. The molecule has 2 heterocycles. The van der Waals surface area contributed by atoms with Gasteiger partial charge in [-0.25, -0.2) is 4.98 Å². The third-order valence-corrected chi connectivity index (χ3v) is 5.92. The van der Waals surface area contributed by atoms with Crippen molar-refractivity contribution in [3.63, 3.8) is 0 Å². The minimum Gasteiger partial charge on any atom is -0.441 e. The van der Waals surface area contributed by atoms with Gasteiger partial charge in [0, 0.05) is 27.7 Å². The molecule has 1 N–H and O–H groups in total. The monoisotopic (exact) mass is 482 g/mol. The Bertz CT molecular complexity index is 1350. The Morgan fingerprint density at radius 2 is 1.56 bits per heavy atom. The minimum atomic E-state index is -5.94. The molecule has 0 fully saturated rings. The van der Waals surface area contributed by atoms with E-state index in [4.69, 9.17) is 4.42 Å². The van der Waals surface area contributed by atoms with Gasteiger partial charge in [0.05, 0.1) is 6.54 Å². The number of nitrogens with zero attached hydrogens (tertiary/aromatic N) is 2. The molecular formula is C24H20F6N2O2. The average molecular weight is 482 g/mol. The summed E-state index contributed by atoms with van der Waals surface area (Å²) in [4.78, 5) is 4.56. The van der Waals surface area contributed by atoms with Gasteiger partial charge in [0.25, 0.3) is 5.60 Å². The molecule has 10 heteroatoms. The van der Waals surface area contributed by atoms with Crippen LogP contribution in [0.25, 0.3) is 22.4 Å². The number of rotatable bonds is 4. The number of halogens is 6. The Balaban J connectivity index is 1.76. The maximum Gasteiger partial charge on any atom is 0.430 e. The molecule has 0 bridgehead atoms. The smallest absolute Gasteiger partial charge is 0.430 e. The summed E-state index contributed by atoms with van der Waals surface area (Å²) in [5, 5.41) is 9.84. The second-order valence-corrected chi connectivity index (χ2v) is 8.19. The van der Waals surface area contributed by atoms with Crippen LogP contribution in [-0.4, -0.2) is 27.0 Å². The number of hydrogen-bond donors (Lipinski definition) is 1. The number of hydrogen-bond acceptors (Lipinski definition) is 3. The number of alkyl halides is 6. The Labute approximate surface area is 190 Å². The van der Waals surface area contributed by atoms with Gasteiger partial charge in [-0.15, -0.1) is 0 Å².